The normalized spacial score (nSPS) is 12.7. The van der Waals surface area contributed by atoms with Crippen LogP contribution in [0.1, 0.15) is 18.0 Å². The molecule has 1 unspecified atom stereocenters. The van der Waals surface area contributed by atoms with Crippen LogP contribution >= 0.6 is 11.6 Å². The maximum Gasteiger partial charge on any atom is 0.313 e. The molecule has 0 aromatic heterocycles. The third kappa shape index (κ3) is 5.09. The van der Waals surface area contributed by atoms with Gasteiger partial charge in [-0.3, -0.25) is 14.6 Å². The number of halogens is 2. The summed E-state index contributed by atoms with van der Waals surface area (Å²) in [4.78, 5) is 28.7. The maximum atomic E-state index is 13.6. The van der Waals surface area contributed by atoms with Gasteiger partial charge in [0.05, 0.1) is 11.1 Å². The van der Waals surface area contributed by atoms with Gasteiger partial charge in [0.15, 0.2) is 17.5 Å². The van der Waals surface area contributed by atoms with Crippen LogP contribution in [0.3, 0.4) is 0 Å². The first-order valence-corrected chi connectivity index (χ1v) is 9.23. The number of hydrogen-bond donors (Lipinski definition) is 4. The van der Waals surface area contributed by atoms with Gasteiger partial charge in [-0.05, 0) is 30.7 Å². The molecular formula is C19H19ClFN5O4. The molecule has 2 aromatic rings. The van der Waals surface area contributed by atoms with Crippen molar-refractivity contribution in [3.8, 4) is 11.5 Å². The summed E-state index contributed by atoms with van der Waals surface area (Å²) in [5, 5.41) is 4.85. The van der Waals surface area contributed by atoms with E-state index in [4.69, 9.17) is 32.5 Å². The second-order valence-electron chi connectivity index (χ2n) is 6.29. The van der Waals surface area contributed by atoms with E-state index in [0.717, 1.165) is 6.07 Å². The quantitative estimate of drug-likeness (QED) is 0.309. The Morgan fingerprint density at radius 1 is 1.20 bits per heavy atom. The SMILES string of the molecule is NC(N)=NCCC(NC(=O)C(=O)Nc1ccc(Cl)c(F)c1)c1cccc2c1OCO2. The molecule has 11 heteroatoms. The molecule has 2 amide bonds. The molecule has 0 spiro atoms. The van der Waals surface area contributed by atoms with Crippen LogP contribution in [0.15, 0.2) is 41.4 Å². The maximum absolute atomic E-state index is 13.6. The standard InChI is InChI=1S/C19H19ClFN5O4/c20-12-5-4-10(8-13(12)21)25-17(27)18(28)26-14(6-7-24-19(22)23)11-2-1-3-15-16(11)30-9-29-15/h1-5,8,14H,6-7,9H2,(H,25,27)(H,26,28)(H4,22,23,24). The number of amides is 2. The number of fused-ring (bicyclic) bond motifs is 1. The Morgan fingerprint density at radius 3 is 2.73 bits per heavy atom. The van der Waals surface area contributed by atoms with Crippen molar-refractivity contribution in [2.75, 3.05) is 18.7 Å². The molecule has 1 aliphatic rings. The van der Waals surface area contributed by atoms with Gasteiger partial charge in [0.1, 0.15) is 5.82 Å². The molecule has 158 valence electrons. The number of guanidine groups is 1. The van der Waals surface area contributed by atoms with E-state index in [-0.39, 0.29) is 36.4 Å². The predicted octanol–water partition coefficient (Wildman–Crippen LogP) is 1.67. The zero-order valence-corrected chi connectivity index (χ0v) is 16.4. The van der Waals surface area contributed by atoms with E-state index in [9.17, 15) is 14.0 Å². The van der Waals surface area contributed by atoms with Crippen LogP contribution in [0.2, 0.25) is 5.02 Å². The van der Waals surface area contributed by atoms with Gasteiger partial charge in [0.25, 0.3) is 0 Å². The van der Waals surface area contributed by atoms with Crippen molar-refractivity contribution in [3.05, 3.63) is 52.8 Å². The zero-order valence-electron chi connectivity index (χ0n) is 15.7. The highest BCUT2D eigenvalue weighted by Gasteiger charge is 2.26. The minimum Gasteiger partial charge on any atom is -0.454 e. The second-order valence-corrected chi connectivity index (χ2v) is 6.69. The van der Waals surface area contributed by atoms with E-state index in [1.165, 1.54) is 12.1 Å². The number of nitrogens with one attached hydrogen (secondary N) is 2. The zero-order chi connectivity index (χ0) is 21.7. The molecule has 0 saturated heterocycles. The van der Waals surface area contributed by atoms with Crippen LogP contribution in [-0.4, -0.2) is 31.1 Å². The second kappa shape index (κ2) is 9.31. The van der Waals surface area contributed by atoms with Crippen LogP contribution in [-0.2, 0) is 9.59 Å². The summed E-state index contributed by atoms with van der Waals surface area (Å²) in [6.07, 6.45) is 0.284. The Hall–Kier alpha value is -3.53. The number of hydrogen-bond acceptors (Lipinski definition) is 5. The average molecular weight is 436 g/mol. The number of nitrogens with zero attached hydrogens (tertiary/aromatic N) is 1. The molecule has 1 aliphatic heterocycles. The van der Waals surface area contributed by atoms with E-state index in [1.54, 1.807) is 18.2 Å². The van der Waals surface area contributed by atoms with Crippen LogP contribution < -0.4 is 31.6 Å². The van der Waals surface area contributed by atoms with E-state index >= 15 is 0 Å². The number of rotatable bonds is 6. The number of para-hydroxylation sites is 1. The monoisotopic (exact) mass is 435 g/mol. The van der Waals surface area contributed by atoms with E-state index in [1.807, 2.05) is 0 Å². The molecular weight excluding hydrogens is 417 g/mol. The average Bonchev–Trinajstić information content (AvgIpc) is 3.18. The highest BCUT2D eigenvalue weighted by atomic mass is 35.5. The van der Waals surface area contributed by atoms with Crippen LogP contribution in [0.4, 0.5) is 10.1 Å². The Balaban J connectivity index is 1.75. The molecule has 1 atom stereocenters. The lowest BCUT2D eigenvalue weighted by Crippen LogP contribution is -2.38. The lowest BCUT2D eigenvalue weighted by Gasteiger charge is -2.19. The fourth-order valence-corrected chi connectivity index (χ4v) is 2.96. The lowest BCUT2D eigenvalue weighted by atomic mass is 10.0. The highest BCUT2D eigenvalue weighted by molar-refractivity contribution is 6.39. The number of aliphatic imine (C=N–C) groups is 1. The van der Waals surface area contributed by atoms with Crippen molar-refractivity contribution in [2.45, 2.75) is 12.5 Å². The summed E-state index contributed by atoms with van der Waals surface area (Å²) in [5.74, 6) is -1.74. The third-order valence-corrected chi connectivity index (χ3v) is 4.51. The van der Waals surface area contributed by atoms with E-state index < -0.39 is 23.7 Å². The number of anilines is 1. The topological polar surface area (TPSA) is 141 Å². The Kier molecular flexibility index (Phi) is 6.58. The molecule has 0 fully saturated rings. The molecule has 0 radical (unpaired) electrons. The fraction of sp³-hybridized carbons (Fsp3) is 0.211. The minimum absolute atomic E-state index is 0.0452. The molecule has 0 bridgehead atoms. The summed E-state index contributed by atoms with van der Waals surface area (Å²) in [6, 6.07) is 8.21. The summed E-state index contributed by atoms with van der Waals surface area (Å²) in [6.45, 7) is 0.241. The fourth-order valence-electron chi connectivity index (χ4n) is 2.84. The van der Waals surface area contributed by atoms with Crippen LogP contribution in [0.5, 0.6) is 11.5 Å². The predicted molar refractivity (Wildman–Crippen MR) is 109 cm³/mol. The van der Waals surface area contributed by atoms with Crippen molar-refractivity contribution in [1.29, 1.82) is 0 Å². The van der Waals surface area contributed by atoms with Crippen LogP contribution in [0, 0.1) is 5.82 Å². The largest absolute Gasteiger partial charge is 0.454 e. The molecule has 9 nitrogen and oxygen atoms in total. The van der Waals surface area contributed by atoms with Crippen molar-refractivity contribution in [2.24, 2.45) is 16.5 Å². The molecule has 1 heterocycles. The summed E-state index contributed by atoms with van der Waals surface area (Å²) >= 11 is 5.62. The first-order chi connectivity index (χ1) is 14.3. The van der Waals surface area contributed by atoms with Gasteiger partial charge in [0, 0.05) is 17.8 Å². The van der Waals surface area contributed by atoms with Crippen LogP contribution in [0.25, 0.3) is 0 Å². The Bertz CT molecular complexity index is 997. The molecule has 6 N–H and O–H groups in total. The minimum atomic E-state index is -0.978. The third-order valence-electron chi connectivity index (χ3n) is 4.20. The van der Waals surface area contributed by atoms with Gasteiger partial charge in [-0.25, -0.2) is 4.39 Å². The number of carbonyl (C=O) groups is 2. The molecule has 30 heavy (non-hydrogen) atoms. The summed E-state index contributed by atoms with van der Waals surface area (Å²) < 4.78 is 24.4. The van der Waals surface area contributed by atoms with Gasteiger partial charge in [0.2, 0.25) is 6.79 Å². The number of ether oxygens (including phenoxy) is 2. The Morgan fingerprint density at radius 2 is 2.00 bits per heavy atom. The number of nitrogens with two attached hydrogens (primary N) is 2. The van der Waals surface area contributed by atoms with Gasteiger partial charge in [-0.2, -0.15) is 0 Å². The van der Waals surface area contributed by atoms with Gasteiger partial charge < -0.3 is 31.6 Å². The molecule has 0 saturated carbocycles. The van der Waals surface area contributed by atoms with E-state index in [0.29, 0.717) is 17.1 Å². The first-order valence-electron chi connectivity index (χ1n) is 8.86. The van der Waals surface area contributed by atoms with Gasteiger partial charge in [-0.15, -0.1) is 0 Å². The highest BCUT2D eigenvalue weighted by Crippen LogP contribution is 2.39. The van der Waals surface area contributed by atoms with Gasteiger partial charge in [-0.1, -0.05) is 23.7 Å². The molecule has 2 aromatic carbocycles. The molecule has 3 rings (SSSR count). The van der Waals surface area contributed by atoms with Crippen molar-refractivity contribution in [1.82, 2.24) is 5.32 Å². The number of carbonyl (C=O) groups excluding carboxylic acids is 2. The van der Waals surface area contributed by atoms with Crippen molar-refractivity contribution >= 4 is 35.1 Å². The van der Waals surface area contributed by atoms with Crippen molar-refractivity contribution < 1.29 is 23.5 Å². The Labute approximate surface area is 176 Å². The van der Waals surface area contributed by atoms with Crippen molar-refractivity contribution in [3.63, 3.8) is 0 Å². The molecule has 0 aliphatic carbocycles. The summed E-state index contributed by atoms with van der Waals surface area (Å²) in [5.41, 5.74) is 11.4. The lowest BCUT2D eigenvalue weighted by molar-refractivity contribution is -0.136. The first kappa shape index (κ1) is 21.2. The number of benzene rings is 2. The smallest absolute Gasteiger partial charge is 0.313 e. The summed E-state index contributed by atoms with van der Waals surface area (Å²) in [7, 11) is 0. The van der Waals surface area contributed by atoms with E-state index in [2.05, 4.69) is 15.6 Å². The van der Waals surface area contributed by atoms with Gasteiger partial charge >= 0.3 is 11.8 Å².